The zero-order valence-corrected chi connectivity index (χ0v) is 16.3. The van der Waals surface area contributed by atoms with E-state index in [1.807, 2.05) is 30.6 Å². The molecule has 0 bridgehead atoms. The molecule has 2 saturated heterocycles. The molecule has 2 fully saturated rings. The molecule has 7 nitrogen and oxygen atoms in total. The third-order valence-corrected chi connectivity index (χ3v) is 7.10. The highest BCUT2D eigenvalue weighted by atomic mass is 32.2. The Morgan fingerprint density at radius 3 is 2.41 bits per heavy atom. The molecule has 0 aromatic carbocycles. The normalized spacial score (nSPS) is 25.4. The van der Waals surface area contributed by atoms with Crippen molar-refractivity contribution in [3.63, 3.8) is 0 Å². The Balaban J connectivity index is 1.49. The Bertz CT molecular complexity index is 873. The van der Waals surface area contributed by atoms with Gasteiger partial charge in [0.1, 0.15) is 5.69 Å². The molecule has 4 heterocycles. The lowest BCUT2D eigenvalue weighted by molar-refractivity contribution is 0.0404. The van der Waals surface area contributed by atoms with Crippen LogP contribution >= 0.6 is 0 Å². The predicted molar refractivity (Wildman–Crippen MR) is 104 cm³/mol. The molecule has 144 valence electrons. The van der Waals surface area contributed by atoms with Gasteiger partial charge >= 0.3 is 0 Å². The fraction of sp³-hybridized carbons (Fsp3) is 0.526. The molecule has 0 spiro atoms. The van der Waals surface area contributed by atoms with Crippen molar-refractivity contribution in [2.24, 2.45) is 0 Å². The van der Waals surface area contributed by atoms with E-state index in [2.05, 4.69) is 31.7 Å². The first-order valence-electron chi connectivity index (χ1n) is 9.46. The number of piperazine rings is 1. The van der Waals surface area contributed by atoms with Crippen LogP contribution in [0.5, 0.6) is 0 Å². The smallest absolute Gasteiger partial charge is 0.178 e. The van der Waals surface area contributed by atoms with Gasteiger partial charge in [-0.1, -0.05) is 13.0 Å². The number of aromatic nitrogens is 3. The summed E-state index contributed by atoms with van der Waals surface area (Å²) in [5.41, 5.74) is 1.75. The summed E-state index contributed by atoms with van der Waals surface area (Å²) < 4.78 is 24.5. The predicted octanol–water partition coefficient (Wildman–Crippen LogP) is 1.23. The largest absolute Gasteiger partial charge is 0.297 e. The highest BCUT2D eigenvalue weighted by molar-refractivity contribution is 7.91. The Hall–Kier alpha value is -1.90. The van der Waals surface area contributed by atoms with Gasteiger partial charge in [-0.2, -0.15) is 0 Å². The van der Waals surface area contributed by atoms with Crippen molar-refractivity contribution >= 4 is 9.84 Å². The molecule has 0 unspecified atom stereocenters. The van der Waals surface area contributed by atoms with Gasteiger partial charge in [-0.15, -0.1) is 0 Å². The van der Waals surface area contributed by atoms with Crippen LogP contribution in [-0.4, -0.2) is 76.4 Å². The Labute approximate surface area is 160 Å². The number of pyridine rings is 1. The molecule has 0 aliphatic carbocycles. The molecular formula is C19H25N5O2S. The van der Waals surface area contributed by atoms with Crippen LogP contribution in [0.15, 0.2) is 36.8 Å². The van der Waals surface area contributed by atoms with E-state index in [1.54, 1.807) is 6.20 Å². The fourth-order valence-corrected chi connectivity index (χ4v) is 6.20. The van der Waals surface area contributed by atoms with Crippen LogP contribution in [0, 0.1) is 0 Å². The van der Waals surface area contributed by atoms with Gasteiger partial charge in [0, 0.05) is 55.9 Å². The first-order chi connectivity index (χ1) is 13.1. The highest BCUT2D eigenvalue weighted by Crippen LogP contribution is 2.28. The summed E-state index contributed by atoms with van der Waals surface area (Å²) >= 11 is 0. The van der Waals surface area contributed by atoms with E-state index >= 15 is 0 Å². The quantitative estimate of drug-likeness (QED) is 0.763. The minimum Gasteiger partial charge on any atom is -0.297 e. The van der Waals surface area contributed by atoms with Gasteiger partial charge < -0.3 is 0 Å². The summed E-state index contributed by atoms with van der Waals surface area (Å²) in [6.45, 7) is 5.58. The Kier molecular flexibility index (Phi) is 5.21. The molecule has 0 radical (unpaired) electrons. The van der Waals surface area contributed by atoms with E-state index in [1.165, 1.54) is 0 Å². The zero-order valence-electron chi connectivity index (χ0n) is 15.5. The number of sulfone groups is 1. The van der Waals surface area contributed by atoms with E-state index in [9.17, 15) is 8.42 Å². The number of hydrogen-bond acceptors (Lipinski definition) is 7. The molecule has 2 aliphatic rings. The monoisotopic (exact) mass is 387 g/mol. The molecule has 0 N–H and O–H groups in total. The van der Waals surface area contributed by atoms with Crippen molar-refractivity contribution in [3.05, 3.63) is 42.4 Å². The SMILES string of the molecule is CCCN1CCN(Cc2cnc(-c3ccccn3)nc2)[C@@H]2CS(=O)(=O)C[C@@H]21. The summed E-state index contributed by atoms with van der Waals surface area (Å²) in [7, 11) is -2.97. The minimum absolute atomic E-state index is 0.0609. The molecule has 27 heavy (non-hydrogen) atoms. The summed E-state index contributed by atoms with van der Waals surface area (Å²) in [5, 5.41) is 0. The van der Waals surface area contributed by atoms with Crippen LogP contribution < -0.4 is 0 Å². The summed E-state index contributed by atoms with van der Waals surface area (Å²) in [6, 6.07) is 5.83. The van der Waals surface area contributed by atoms with Crippen molar-refractivity contribution in [2.45, 2.75) is 32.0 Å². The van der Waals surface area contributed by atoms with E-state index in [0.29, 0.717) is 12.4 Å². The van der Waals surface area contributed by atoms with E-state index < -0.39 is 9.84 Å². The summed E-state index contributed by atoms with van der Waals surface area (Å²) in [5.74, 6) is 1.14. The molecule has 4 rings (SSSR count). The van der Waals surface area contributed by atoms with Crippen LogP contribution in [0.2, 0.25) is 0 Å². The van der Waals surface area contributed by atoms with E-state index in [0.717, 1.165) is 37.3 Å². The van der Waals surface area contributed by atoms with Crippen LogP contribution in [0.25, 0.3) is 11.5 Å². The topological polar surface area (TPSA) is 79.3 Å². The second kappa shape index (κ2) is 7.61. The maximum absolute atomic E-state index is 12.3. The maximum atomic E-state index is 12.3. The van der Waals surface area contributed by atoms with Crippen molar-refractivity contribution in [3.8, 4) is 11.5 Å². The Morgan fingerprint density at radius 2 is 1.74 bits per heavy atom. The fourth-order valence-electron chi connectivity index (χ4n) is 4.16. The molecule has 0 saturated carbocycles. The molecule has 2 aromatic rings. The van der Waals surface area contributed by atoms with E-state index in [-0.39, 0.29) is 23.6 Å². The minimum atomic E-state index is -2.97. The molecule has 2 aromatic heterocycles. The number of nitrogens with zero attached hydrogens (tertiary/aromatic N) is 5. The lowest BCUT2D eigenvalue weighted by Crippen LogP contribution is -2.58. The van der Waals surface area contributed by atoms with Crippen LogP contribution in [0.4, 0.5) is 0 Å². The van der Waals surface area contributed by atoms with Crippen molar-refractivity contribution in [2.75, 3.05) is 31.1 Å². The second-order valence-corrected chi connectivity index (χ2v) is 9.50. The van der Waals surface area contributed by atoms with E-state index in [4.69, 9.17) is 0 Å². The molecule has 0 amide bonds. The zero-order chi connectivity index (χ0) is 18.9. The number of rotatable bonds is 5. The lowest BCUT2D eigenvalue weighted by Gasteiger charge is -2.43. The lowest BCUT2D eigenvalue weighted by atomic mass is 10.0. The van der Waals surface area contributed by atoms with Gasteiger partial charge in [-0.25, -0.2) is 18.4 Å². The van der Waals surface area contributed by atoms with Crippen LogP contribution in [-0.2, 0) is 16.4 Å². The standard InChI is InChI=1S/C19H25N5O2S/c1-2-7-23-8-9-24(18-14-27(25,26)13-17(18)23)12-15-10-21-19(22-11-15)16-5-3-4-6-20-16/h3-6,10-11,17-18H,2,7-9,12-14H2,1H3/t17-,18+/m0/s1. The van der Waals surface area contributed by atoms with Crippen LogP contribution in [0.3, 0.4) is 0 Å². The van der Waals surface area contributed by atoms with Gasteiger partial charge in [0.15, 0.2) is 15.7 Å². The average molecular weight is 388 g/mol. The third-order valence-electron chi connectivity index (χ3n) is 5.40. The first-order valence-corrected chi connectivity index (χ1v) is 11.3. The molecular weight excluding hydrogens is 362 g/mol. The number of hydrogen-bond donors (Lipinski definition) is 0. The second-order valence-electron chi connectivity index (χ2n) is 7.35. The van der Waals surface area contributed by atoms with Gasteiger partial charge in [-0.05, 0) is 25.1 Å². The van der Waals surface area contributed by atoms with Gasteiger partial charge in [0.05, 0.1) is 11.5 Å². The van der Waals surface area contributed by atoms with Gasteiger partial charge in [0.25, 0.3) is 0 Å². The molecule has 2 atom stereocenters. The van der Waals surface area contributed by atoms with Gasteiger partial charge in [0.2, 0.25) is 0 Å². The van der Waals surface area contributed by atoms with Crippen molar-refractivity contribution < 1.29 is 8.42 Å². The number of fused-ring (bicyclic) bond motifs is 1. The molecule has 8 heteroatoms. The summed E-state index contributed by atoms with van der Waals surface area (Å²) in [4.78, 5) is 17.8. The van der Waals surface area contributed by atoms with Crippen molar-refractivity contribution in [1.29, 1.82) is 0 Å². The van der Waals surface area contributed by atoms with Gasteiger partial charge in [-0.3, -0.25) is 14.8 Å². The molecule has 2 aliphatic heterocycles. The summed E-state index contributed by atoms with van der Waals surface area (Å²) in [6.07, 6.45) is 6.43. The Morgan fingerprint density at radius 1 is 1.04 bits per heavy atom. The van der Waals surface area contributed by atoms with Crippen LogP contribution in [0.1, 0.15) is 18.9 Å². The first kappa shape index (κ1) is 18.5. The maximum Gasteiger partial charge on any atom is 0.178 e. The average Bonchev–Trinajstić information content (AvgIpc) is 3.01. The highest BCUT2D eigenvalue weighted by Gasteiger charge is 2.46. The third kappa shape index (κ3) is 4.02. The van der Waals surface area contributed by atoms with Crippen molar-refractivity contribution in [1.82, 2.24) is 24.8 Å².